The molecule has 1 aliphatic rings. The molecule has 0 radical (unpaired) electrons. The summed E-state index contributed by atoms with van der Waals surface area (Å²) < 4.78 is 0. The summed E-state index contributed by atoms with van der Waals surface area (Å²) in [5.74, 6) is 0.839. The third kappa shape index (κ3) is 4.89. The minimum atomic E-state index is 0.106. The third-order valence-corrected chi connectivity index (χ3v) is 4.84. The van der Waals surface area contributed by atoms with E-state index in [2.05, 4.69) is 21.6 Å². The number of thiophene rings is 1. The van der Waals surface area contributed by atoms with E-state index in [-0.39, 0.29) is 11.9 Å². The second kappa shape index (κ2) is 7.76. The first-order valence-corrected chi connectivity index (χ1v) is 8.25. The van der Waals surface area contributed by atoms with Gasteiger partial charge in [0.15, 0.2) is 0 Å². The smallest absolute Gasteiger partial charge is 0.234 e. The Morgan fingerprint density at radius 3 is 2.95 bits per heavy atom. The first-order valence-electron chi connectivity index (χ1n) is 7.37. The van der Waals surface area contributed by atoms with Gasteiger partial charge in [0.05, 0.1) is 12.6 Å². The van der Waals surface area contributed by atoms with Crippen molar-refractivity contribution in [3.8, 4) is 0 Å². The Balaban J connectivity index is 1.70. The normalized spacial score (nSPS) is 18.1. The molecule has 1 aromatic heterocycles. The van der Waals surface area contributed by atoms with Crippen molar-refractivity contribution in [1.29, 1.82) is 0 Å². The average Bonchev–Trinajstić information content (AvgIpc) is 2.93. The van der Waals surface area contributed by atoms with Crippen molar-refractivity contribution in [3.05, 3.63) is 22.4 Å². The third-order valence-electron chi connectivity index (χ3n) is 3.79. The maximum absolute atomic E-state index is 12.0. The molecule has 1 aliphatic heterocycles. The quantitative estimate of drug-likeness (QED) is 0.842. The SMILES string of the molecule is CC(NC(=O)CN(C)CC1CCNCC1)c1cccs1. The lowest BCUT2D eigenvalue weighted by Gasteiger charge is -2.27. The lowest BCUT2D eigenvalue weighted by molar-refractivity contribution is -0.122. The number of amides is 1. The molecule has 2 N–H and O–H groups in total. The first kappa shape index (κ1) is 15.5. The van der Waals surface area contributed by atoms with Gasteiger partial charge in [-0.3, -0.25) is 9.69 Å². The molecule has 2 heterocycles. The Bertz CT molecular complexity index is 401. The van der Waals surface area contributed by atoms with Gasteiger partial charge in [0.25, 0.3) is 0 Å². The number of nitrogens with one attached hydrogen (secondary N) is 2. The van der Waals surface area contributed by atoms with Gasteiger partial charge < -0.3 is 10.6 Å². The van der Waals surface area contributed by atoms with Crippen molar-refractivity contribution < 1.29 is 4.79 Å². The minimum Gasteiger partial charge on any atom is -0.348 e. The van der Waals surface area contributed by atoms with Crippen molar-refractivity contribution >= 4 is 17.2 Å². The van der Waals surface area contributed by atoms with Crippen LogP contribution in [0.4, 0.5) is 0 Å². The van der Waals surface area contributed by atoms with Crippen LogP contribution in [0, 0.1) is 5.92 Å². The van der Waals surface area contributed by atoms with Gasteiger partial charge in [-0.05, 0) is 57.3 Å². The molecule has 5 heteroatoms. The summed E-state index contributed by atoms with van der Waals surface area (Å²) in [5, 5.41) is 8.48. The number of piperidine rings is 1. The molecule has 4 nitrogen and oxygen atoms in total. The Hall–Kier alpha value is -0.910. The van der Waals surface area contributed by atoms with Gasteiger partial charge in [-0.15, -0.1) is 11.3 Å². The maximum Gasteiger partial charge on any atom is 0.234 e. The van der Waals surface area contributed by atoms with Crippen LogP contribution in [-0.2, 0) is 4.79 Å². The average molecular weight is 295 g/mol. The van der Waals surface area contributed by atoms with Crippen LogP contribution < -0.4 is 10.6 Å². The molecule has 1 unspecified atom stereocenters. The standard InChI is InChI=1S/C15H25N3OS/c1-12(14-4-3-9-20-14)17-15(19)11-18(2)10-13-5-7-16-8-6-13/h3-4,9,12-13,16H,5-8,10-11H2,1-2H3,(H,17,19). The second-order valence-electron chi connectivity index (χ2n) is 5.69. The zero-order chi connectivity index (χ0) is 14.4. The van der Waals surface area contributed by atoms with E-state index >= 15 is 0 Å². The Morgan fingerprint density at radius 2 is 2.30 bits per heavy atom. The molecule has 2 rings (SSSR count). The van der Waals surface area contributed by atoms with E-state index in [1.807, 2.05) is 25.4 Å². The topological polar surface area (TPSA) is 44.4 Å². The van der Waals surface area contributed by atoms with Crippen LogP contribution in [0.2, 0.25) is 0 Å². The molecule has 0 aromatic carbocycles. The lowest BCUT2D eigenvalue weighted by atomic mass is 9.98. The lowest BCUT2D eigenvalue weighted by Crippen LogP contribution is -2.40. The van der Waals surface area contributed by atoms with Gasteiger partial charge >= 0.3 is 0 Å². The van der Waals surface area contributed by atoms with Gasteiger partial charge in [-0.25, -0.2) is 0 Å². The van der Waals surface area contributed by atoms with Gasteiger partial charge in [-0.1, -0.05) is 6.07 Å². The molecule has 0 spiro atoms. The summed E-state index contributed by atoms with van der Waals surface area (Å²) in [6.45, 7) is 5.76. The van der Waals surface area contributed by atoms with E-state index in [1.165, 1.54) is 17.7 Å². The number of carbonyl (C=O) groups is 1. The van der Waals surface area contributed by atoms with Crippen LogP contribution in [0.1, 0.15) is 30.7 Å². The Kier molecular flexibility index (Phi) is 6.01. The molecule has 1 atom stereocenters. The van der Waals surface area contributed by atoms with Gasteiger partial charge in [0.1, 0.15) is 0 Å². The molecular weight excluding hydrogens is 270 g/mol. The fourth-order valence-electron chi connectivity index (χ4n) is 2.71. The van der Waals surface area contributed by atoms with Crippen LogP contribution in [0.15, 0.2) is 17.5 Å². The summed E-state index contributed by atoms with van der Waals surface area (Å²) in [4.78, 5) is 15.4. The highest BCUT2D eigenvalue weighted by molar-refractivity contribution is 7.10. The molecular formula is C15H25N3OS. The first-order chi connectivity index (χ1) is 9.65. The van der Waals surface area contributed by atoms with E-state index in [1.54, 1.807) is 11.3 Å². The largest absolute Gasteiger partial charge is 0.348 e. The number of likely N-dealkylation sites (N-methyl/N-ethyl adjacent to an activating group) is 1. The van der Waals surface area contributed by atoms with Gasteiger partial charge in [0, 0.05) is 11.4 Å². The van der Waals surface area contributed by atoms with E-state index in [4.69, 9.17) is 0 Å². The fraction of sp³-hybridized carbons (Fsp3) is 0.667. The van der Waals surface area contributed by atoms with Crippen molar-refractivity contribution in [1.82, 2.24) is 15.5 Å². The number of hydrogen-bond acceptors (Lipinski definition) is 4. The maximum atomic E-state index is 12.0. The molecule has 1 saturated heterocycles. The molecule has 112 valence electrons. The molecule has 20 heavy (non-hydrogen) atoms. The number of nitrogens with zero attached hydrogens (tertiary/aromatic N) is 1. The van der Waals surface area contributed by atoms with E-state index in [9.17, 15) is 4.79 Å². The molecule has 1 amide bonds. The number of hydrogen-bond donors (Lipinski definition) is 2. The molecule has 1 aromatic rings. The zero-order valence-electron chi connectivity index (χ0n) is 12.4. The van der Waals surface area contributed by atoms with E-state index in [0.717, 1.165) is 25.6 Å². The molecule has 1 fully saturated rings. The van der Waals surface area contributed by atoms with Gasteiger partial charge in [0.2, 0.25) is 5.91 Å². The summed E-state index contributed by atoms with van der Waals surface area (Å²) in [7, 11) is 2.04. The van der Waals surface area contributed by atoms with Crippen LogP contribution in [0.5, 0.6) is 0 Å². The van der Waals surface area contributed by atoms with E-state index in [0.29, 0.717) is 6.54 Å². The Morgan fingerprint density at radius 1 is 1.55 bits per heavy atom. The Labute approximate surface area is 125 Å². The highest BCUT2D eigenvalue weighted by atomic mass is 32.1. The summed E-state index contributed by atoms with van der Waals surface area (Å²) in [6, 6.07) is 4.19. The predicted octanol–water partition coefficient (Wildman–Crippen LogP) is 1.86. The monoisotopic (exact) mass is 295 g/mol. The van der Waals surface area contributed by atoms with Crippen LogP contribution >= 0.6 is 11.3 Å². The van der Waals surface area contributed by atoms with Crippen molar-refractivity contribution in [3.63, 3.8) is 0 Å². The summed E-state index contributed by atoms with van der Waals surface area (Å²) in [5.41, 5.74) is 0. The minimum absolute atomic E-state index is 0.106. The van der Waals surface area contributed by atoms with Crippen molar-refractivity contribution in [2.75, 3.05) is 33.2 Å². The second-order valence-corrected chi connectivity index (χ2v) is 6.67. The summed E-state index contributed by atoms with van der Waals surface area (Å²) >= 11 is 1.69. The number of rotatable bonds is 6. The van der Waals surface area contributed by atoms with Crippen LogP contribution in [0.25, 0.3) is 0 Å². The fourth-order valence-corrected chi connectivity index (χ4v) is 3.45. The predicted molar refractivity (Wildman–Crippen MR) is 84.0 cm³/mol. The number of carbonyl (C=O) groups excluding carboxylic acids is 1. The molecule has 0 bridgehead atoms. The van der Waals surface area contributed by atoms with Crippen LogP contribution in [-0.4, -0.2) is 44.0 Å². The van der Waals surface area contributed by atoms with Crippen molar-refractivity contribution in [2.45, 2.75) is 25.8 Å². The highest BCUT2D eigenvalue weighted by Gasteiger charge is 2.17. The molecule has 0 aliphatic carbocycles. The van der Waals surface area contributed by atoms with Gasteiger partial charge in [-0.2, -0.15) is 0 Å². The zero-order valence-corrected chi connectivity index (χ0v) is 13.2. The van der Waals surface area contributed by atoms with Crippen LogP contribution in [0.3, 0.4) is 0 Å². The van der Waals surface area contributed by atoms with Crippen molar-refractivity contribution in [2.24, 2.45) is 5.92 Å². The highest BCUT2D eigenvalue weighted by Crippen LogP contribution is 2.18. The van der Waals surface area contributed by atoms with E-state index < -0.39 is 0 Å². The molecule has 0 saturated carbocycles. The summed E-state index contributed by atoms with van der Waals surface area (Å²) in [6.07, 6.45) is 2.44.